The molecule has 0 aromatic carbocycles. The van der Waals surface area contributed by atoms with Crippen molar-refractivity contribution in [2.24, 2.45) is 0 Å². The summed E-state index contributed by atoms with van der Waals surface area (Å²) in [5.41, 5.74) is 0. The number of carbonyl (C=O) groups excluding carboxylic acids is 3. The first-order valence-electron chi connectivity index (χ1n) is 29.1. The molecular weight excluding hydrogens is 853 g/mol. The van der Waals surface area contributed by atoms with Crippen LogP contribution in [0.2, 0.25) is 0 Å². The molecule has 0 saturated heterocycles. The van der Waals surface area contributed by atoms with E-state index < -0.39 is 6.10 Å². The first kappa shape index (κ1) is 65.6. The third-order valence-electron chi connectivity index (χ3n) is 12.4. The molecule has 69 heavy (non-hydrogen) atoms. The fraction of sp³-hybridized carbons (Fsp3) is 0.730. The smallest absolute Gasteiger partial charge is 0.306 e. The van der Waals surface area contributed by atoms with E-state index >= 15 is 0 Å². The Morgan fingerprint density at radius 1 is 0.304 bits per heavy atom. The number of unbranched alkanes of at least 4 members (excludes halogenated alkanes) is 27. The van der Waals surface area contributed by atoms with Gasteiger partial charge >= 0.3 is 17.9 Å². The summed E-state index contributed by atoms with van der Waals surface area (Å²) in [6.07, 6.45) is 74.5. The van der Waals surface area contributed by atoms with Crippen LogP contribution in [0.25, 0.3) is 0 Å². The molecule has 1 atom stereocenters. The van der Waals surface area contributed by atoms with Gasteiger partial charge in [0.05, 0.1) is 0 Å². The molecule has 0 bridgehead atoms. The van der Waals surface area contributed by atoms with Crippen molar-refractivity contribution in [1.82, 2.24) is 0 Å². The Morgan fingerprint density at radius 2 is 0.565 bits per heavy atom. The molecule has 0 heterocycles. The Kier molecular flexibility index (Phi) is 54.3. The van der Waals surface area contributed by atoms with Gasteiger partial charge in [0.25, 0.3) is 0 Å². The number of rotatable bonds is 52. The fourth-order valence-electron chi connectivity index (χ4n) is 8.10. The van der Waals surface area contributed by atoms with Crippen LogP contribution >= 0.6 is 0 Å². The maximum Gasteiger partial charge on any atom is 0.306 e. The normalized spacial score (nSPS) is 12.7. The van der Waals surface area contributed by atoms with Gasteiger partial charge in [-0.15, -0.1) is 0 Å². The third-order valence-corrected chi connectivity index (χ3v) is 12.4. The summed E-state index contributed by atoms with van der Waals surface area (Å²) in [4.78, 5) is 38.0. The Balaban J connectivity index is 4.21. The molecule has 0 spiro atoms. The second-order valence-electron chi connectivity index (χ2n) is 19.1. The van der Waals surface area contributed by atoms with Gasteiger partial charge in [-0.3, -0.25) is 14.4 Å². The van der Waals surface area contributed by atoms with E-state index in [1.165, 1.54) is 128 Å². The van der Waals surface area contributed by atoms with Gasteiger partial charge in [0.15, 0.2) is 6.10 Å². The Hall–Kier alpha value is -3.41. The zero-order valence-corrected chi connectivity index (χ0v) is 45.3. The van der Waals surface area contributed by atoms with E-state index in [1.807, 2.05) is 0 Å². The van der Waals surface area contributed by atoms with Crippen LogP contribution in [0.5, 0.6) is 0 Å². The molecule has 0 saturated carbocycles. The van der Waals surface area contributed by atoms with Crippen molar-refractivity contribution in [3.05, 3.63) is 85.1 Å². The quantitative estimate of drug-likeness (QED) is 0.0262. The predicted octanol–water partition coefficient (Wildman–Crippen LogP) is 19.5. The number of hydrogen-bond acceptors (Lipinski definition) is 6. The summed E-state index contributed by atoms with van der Waals surface area (Å²) in [5, 5.41) is 0. The van der Waals surface area contributed by atoms with Crippen LogP contribution in [0, 0.1) is 0 Å². The van der Waals surface area contributed by atoms with Gasteiger partial charge in [-0.2, -0.15) is 0 Å². The lowest BCUT2D eigenvalue weighted by molar-refractivity contribution is -0.167. The molecule has 0 aliphatic rings. The van der Waals surface area contributed by atoms with Crippen LogP contribution in [0.1, 0.15) is 278 Å². The summed E-state index contributed by atoms with van der Waals surface area (Å²) in [5.74, 6) is -0.910. The highest BCUT2D eigenvalue weighted by molar-refractivity contribution is 5.71. The Bertz CT molecular complexity index is 1330. The highest BCUT2D eigenvalue weighted by Crippen LogP contribution is 2.16. The monoisotopic (exact) mass is 961 g/mol. The van der Waals surface area contributed by atoms with Gasteiger partial charge in [0.1, 0.15) is 13.2 Å². The second kappa shape index (κ2) is 57.2. The number of allylic oxidation sites excluding steroid dienone is 14. The average Bonchev–Trinajstić information content (AvgIpc) is 3.35. The summed E-state index contributed by atoms with van der Waals surface area (Å²) < 4.78 is 16.8. The van der Waals surface area contributed by atoms with Crippen LogP contribution in [-0.2, 0) is 28.6 Å². The van der Waals surface area contributed by atoms with Crippen molar-refractivity contribution >= 4 is 17.9 Å². The summed E-state index contributed by atoms with van der Waals surface area (Å²) >= 11 is 0. The van der Waals surface area contributed by atoms with Crippen molar-refractivity contribution in [3.8, 4) is 0 Å². The fourth-order valence-corrected chi connectivity index (χ4v) is 8.10. The van der Waals surface area contributed by atoms with Crippen molar-refractivity contribution in [3.63, 3.8) is 0 Å². The molecule has 0 aromatic heterocycles. The molecule has 0 aliphatic heterocycles. The lowest BCUT2D eigenvalue weighted by atomic mass is 10.0. The molecule has 0 radical (unpaired) electrons. The van der Waals surface area contributed by atoms with Crippen molar-refractivity contribution < 1.29 is 28.6 Å². The van der Waals surface area contributed by atoms with Crippen LogP contribution in [0.3, 0.4) is 0 Å². The molecule has 1 unspecified atom stereocenters. The van der Waals surface area contributed by atoms with Crippen molar-refractivity contribution in [2.45, 2.75) is 284 Å². The number of esters is 3. The van der Waals surface area contributed by atoms with Gasteiger partial charge in [-0.25, -0.2) is 0 Å². The first-order valence-corrected chi connectivity index (χ1v) is 29.1. The van der Waals surface area contributed by atoms with Crippen LogP contribution in [0.4, 0.5) is 0 Å². The highest BCUT2D eigenvalue weighted by atomic mass is 16.6. The second-order valence-corrected chi connectivity index (χ2v) is 19.1. The predicted molar refractivity (Wildman–Crippen MR) is 297 cm³/mol. The lowest BCUT2D eigenvalue weighted by Gasteiger charge is -2.18. The van der Waals surface area contributed by atoms with Crippen LogP contribution in [-0.4, -0.2) is 37.2 Å². The zero-order chi connectivity index (χ0) is 50.0. The molecule has 0 N–H and O–H groups in total. The van der Waals surface area contributed by atoms with Gasteiger partial charge in [-0.05, 0) is 89.9 Å². The first-order chi connectivity index (χ1) is 34.0. The van der Waals surface area contributed by atoms with E-state index in [0.29, 0.717) is 19.3 Å². The van der Waals surface area contributed by atoms with Gasteiger partial charge in [0, 0.05) is 19.3 Å². The van der Waals surface area contributed by atoms with E-state index in [-0.39, 0.29) is 31.1 Å². The summed E-state index contributed by atoms with van der Waals surface area (Å²) in [6.45, 7) is 6.39. The Morgan fingerprint density at radius 3 is 0.899 bits per heavy atom. The minimum absolute atomic E-state index is 0.0855. The molecule has 0 rings (SSSR count). The highest BCUT2D eigenvalue weighted by Gasteiger charge is 2.19. The van der Waals surface area contributed by atoms with E-state index in [0.717, 1.165) is 109 Å². The molecular formula is C63H108O6. The van der Waals surface area contributed by atoms with E-state index in [9.17, 15) is 14.4 Å². The van der Waals surface area contributed by atoms with Gasteiger partial charge < -0.3 is 14.2 Å². The zero-order valence-electron chi connectivity index (χ0n) is 45.3. The van der Waals surface area contributed by atoms with E-state index in [4.69, 9.17) is 14.2 Å². The average molecular weight is 962 g/mol. The molecule has 0 aromatic rings. The molecule has 0 amide bonds. The lowest BCUT2D eigenvalue weighted by Crippen LogP contribution is -2.30. The Labute approximate surface area is 426 Å². The molecule has 6 heteroatoms. The standard InChI is InChI=1S/C63H108O6/c1-4-7-10-13-16-19-22-24-25-26-27-28-29-30-31-32-33-34-35-36-37-39-41-44-47-50-53-56-62(65)68-59-60(58-67-61(64)55-52-49-46-43-40-21-18-15-12-9-6-3)69-63(66)57-54-51-48-45-42-38-23-20-17-14-11-8-5-2/h7-8,10-11,16-17,19-20,24-25,27-28,38,42,60H,4-6,9,12-15,18,21-23,26,29-37,39-41,43-59H2,1-3H3/b10-7-,11-8-,19-16-,20-17-,25-24-,28-27-,42-38-. The number of ether oxygens (including phenoxy) is 3. The van der Waals surface area contributed by atoms with E-state index in [1.54, 1.807) is 0 Å². The largest absolute Gasteiger partial charge is 0.462 e. The molecule has 396 valence electrons. The maximum atomic E-state index is 12.8. The van der Waals surface area contributed by atoms with Crippen LogP contribution < -0.4 is 0 Å². The molecule has 0 fully saturated rings. The third kappa shape index (κ3) is 55.4. The minimum Gasteiger partial charge on any atom is -0.462 e. The number of hydrogen-bond donors (Lipinski definition) is 0. The molecule has 0 aliphatic carbocycles. The maximum absolute atomic E-state index is 12.8. The summed E-state index contributed by atoms with van der Waals surface area (Å²) in [6, 6.07) is 0. The van der Waals surface area contributed by atoms with Crippen LogP contribution in [0.15, 0.2) is 85.1 Å². The summed E-state index contributed by atoms with van der Waals surface area (Å²) in [7, 11) is 0. The number of carbonyl (C=O) groups is 3. The van der Waals surface area contributed by atoms with Crippen molar-refractivity contribution in [2.75, 3.05) is 13.2 Å². The van der Waals surface area contributed by atoms with E-state index in [2.05, 4.69) is 106 Å². The van der Waals surface area contributed by atoms with Gasteiger partial charge in [-0.1, -0.05) is 254 Å². The molecule has 6 nitrogen and oxygen atoms in total. The topological polar surface area (TPSA) is 78.9 Å². The minimum atomic E-state index is -0.789. The van der Waals surface area contributed by atoms with Gasteiger partial charge in [0.2, 0.25) is 0 Å². The van der Waals surface area contributed by atoms with Crippen molar-refractivity contribution in [1.29, 1.82) is 0 Å². The SMILES string of the molecule is CC/C=C\C/C=C\C/C=C\C/C=C\CCCCCCCCCCCCCCCCC(=O)OCC(COC(=O)CCCCCCCCCCCCC)OC(=O)CCCCC/C=C\C/C=C\C/C=C\CC.